The molecule has 0 aliphatic heterocycles. The monoisotopic (exact) mass is 359 g/mol. The third-order valence-corrected chi connectivity index (χ3v) is 3.96. The second kappa shape index (κ2) is 10.3. The van der Waals surface area contributed by atoms with Crippen molar-refractivity contribution < 1.29 is 9.59 Å². The van der Waals surface area contributed by atoms with Gasteiger partial charge in [-0.25, -0.2) is 9.78 Å². The van der Waals surface area contributed by atoms with E-state index in [0.717, 1.165) is 30.2 Å². The number of rotatable bonds is 8. The van der Waals surface area contributed by atoms with Crippen LogP contribution in [0.5, 0.6) is 0 Å². The van der Waals surface area contributed by atoms with Crippen molar-refractivity contribution in [3.05, 3.63) is 41.7 Å². The number of hydrogen-bond acceptors (Lipinski definition) is 5. The van der Waals surface area contributed by atoms with Gasteiger partial charge >= 0.3 is 6.03 Å². The summed E-state index contributed by atoms with van der Waals surface area (Å²) in [6, 6.07) is 9.36. The topological polar surface area (TPSA) is 99.8 Å². The van der Waals surface area contributed by atoms with E-state index < -0.39 is 6.03 Å². The van der Waals surface area contributed by atoms with Crippen molar-refractivity contribution in [2.45, 2.75) is 24.9 Å². The summed E-state index contributed by atoms with van der Waals surface area (Å²) in [4.78, 5) is 27.4. The number of nitrogens with zero attached hydrogens (tertiary/aromatic N) is 2. The number of carbonyl (C=O) groups is 2. The molecule has 1 aromatic heterocycles. The number of nitrogens with one attached hydrogen (secondary N) is 3. The number of hydrogen-bond donors (Lipinski definition) is 3. The fourth-order valence-electron chi connectivity index (χ4n) is 1.85. The summed E-state index contributed by atoms with van der Waals surface area (Å²) < 4.78 is 0. The van der Waals surface area contributed by atoms with Gasteiger partial charge in [0.25, 0.3) is 0 Å². The number of unbranched alkanes of at least 4 members (excludes halogenated alkanes) is 1. The first-order chi connectivity index (χ1) is 12.2. The Morgan fingerprint density at radius 2 is 2.04 bits per heavy atom. The molecule has 0 fully saturated rings. The molecule has 0 spiro atoms. The minimum Gasteiger partial charge on any atom is -0.338 e. The van der Waals surface area contributed by atoms with Gasteiger partial charge in [0.2, 0.25) is 11.1 Å². The van der Waals surface area contributed by atoms with Gasteiger partial charge in [-0.3, -0.25) is 15.2 Å². The summed E-state index contributed by atoms with van der Waals surface area (Å²) in [6.07, 6.45) is 5.60. The van der Waals surface area contributed by atoms with Crippen molar-refractivity contribution in [1.82, 2.24) is 25.8 Å². The molecule has 3 amide bonds. The third kappa shape index (κ3) is 7.21. The van der Waals surface area contributed by atoms with E-state index in [-0.39, 0.29) is 11.7 Å². The molecule has 1 heterocycles. The predicted octanol–water partition coefficient (Wildman–Crippen LogP) is 2.69. The Kier molecular flexibility index (Phi) is 7.71. The molecular weight excluding hydrogens is 338 g/mol. The highest BCUT2D eigenvalue weighted by Gasteiger charge is 2.09. The molecule has 3 N–H and O–H groups in total. The normalized spacial score (nSPS) is 10.8. The highest BCUT2D eigenvalue weighted by Crippen LogP contribution is 2.13. The third-order valence-electron chi connectivity index (χ3n) is 3.12. The van der Waals surface area contributed by atoms with E-state index in [1.54, 1.807) is 0 Å². The molecule has 0 aliphatic carbocycles. The minimum absolute atomic E-state index is 0.0703. The zero-order valence-corrected chi connectivity index (χ0v) is 14.8. The molecule has 0 unspecified atom stereocenters. The van der Waals surface area contributed by atoms with Crippen molar-refractivity contribution in [3.63, 3.8) is 0 Å². The Morgan fingerprint density at radius 1 is 1.24 bits per heavy atom. The Bertz CT molecular complexity index is 715. The number of H-pyrrole nitrogens is 1. The number of carbonyl (C=O) groups excluding carboxylic acids is 2. The fourth-order valence-corrected chi connectivity index (χ4v) is 2.46. The van der Waals surface area contributed by atoms with Crippen LogP contribution in [0.3, 0.4) is 0 Å². The van der Waals surface area contributed by atoms with Crippen molar-refractivity contribution in [3.8, 4) is 0 Å². The molecule has 132 valence electrons. The van der Waals surface area contributed by atoms with Gasteiger partial charge in [0, 0.05) is 6.54 Å². The number of thioether (sulfide) groups is 1. The molecule has 2 rings (SSSR count). The van der Waals surface area contributed by atoms with E-state index in [1.165, 1.54) is 0 Å². The lowest BCUT2D eigenvalue weighted by Crippen LogP contribution is -2.40. The fraction of sp³-hybridized carbons (Fsp3) is 0.294. The molecule has 1 aromatic carbocycles. The van der Waals surface area contributed by atoms with Gasteiger partial charge in [-0.05, 0) is 18.1 Å². The highest BCUT2D eigenvalue weighted by molar-refractivity contribution is 7.99. The van der Waals surface area contributed by atoms with Gasteiger partial charge in [0.15, 0.2) is 0 Å². The maximum Gasteiger partial charge on any atom is 0.321 e. The SMILES string of the molecule is CCCCNC(=O)NC(=O)CSc1n[nH]c(/C=C/c2ccccc2)n1. The zero-order chi connectivity index (χ0) is 17.9. The van der Waals surface area contributed by atoms with Crippen molar-refractivity contribution in [2.24, 2.45) is 0 Å². The molecule has 0 radical (unpaired) electrons. The smallest absolute Gasteiger partial charge is 0.321 e. The Balaban J connectivity index is 1.74. The van der Waals surface area contributed by atoms with Crippen LogP contribution in [0.2, 0.25) is 0 Å². The summed E-state index contributed by atoms with van der Waals surface area (Å²) in [6.45, 7) is 2.59. The van der Waals surface area contributed by atoms with Crippen LogP contribution in [0.25, 0.3) is 12.2 Å². The van der Waals surface area contributed by atoms with Gasteiger partial charge < -0.3 is 5.32 Å². The van der Waals surface area contributed by atoms with Crippen molar-refractivity contribution in [2.75, 3.05) is 12.3 Å². The number of benzene rings is 1. The van der Waals surface area contributed by atoms with Gasteiger partial charge in [-0.15, -0.1) is 5.10 Å². The number of imide groups is 1. The van der Waals surface area contributed by atoms with E-state index in [9.17, 15) is 9.59 Å². The molecule has 7 nitrogen and oxygen atoms in total. The average Bonchev–Trinajstić information content (AvgIpc) is 3.07. The zero-order valence-electron chi connectivity index (χ0n) is 14.0. The number of urea groups is 1. The Hall–Kier alpha value is -2.61. The van der Waals surface area contributed by atoms with Gasteiger partial charge in [0.1, 0.15) is 5.82 Å². The van der Waals surface area contributed by atoms with Crippen LogP contribution in [0.1, 0.15) is 31.2 Å². The Labute approximate surface area is 150 Å². The second-order valence-electron chi connectivity index (χ2n) is 5.19. The number of aromatic nitrogens is 3. The quantitative estimate of drug-likeness (QED) is 0.497. The summed E-state index contributed by atoms with van der Waals surface area (Å²) in [5.74, 6) is 0.287. The first-order valence-electron chi connectivity index (χ1n) is 8.03. The lowest BCUT2D eigenvalue weighted by Gasteiger charge is -2.04. The summed E-state index contributed by atoms with van der Waals surface area (Å²) >= 11 is 1.16. The van der Waals surface area contributed by atoms with Gasteiger partial charge in [-0.1, -0.05) is 61.5 Å². The number of aromatic amines is 1. The predicted molar refractivity (Wildman–Crippen MR) is 98.9 cm³/mol. The summed E-state index contributed by atoms with van der Waals surface area (Å²) in [7, 11) is 0. The molecule has 0 saturated carbocycles. The summed E-state index contributed by atoms with van der Waals surface area (Å²) in [5.41, 5.74) is 1.06. The standard InChI is InChI=1S/C17H21N5O2S/c1-2-3-11-18-16(24)20-15(23)12-25-17-19-14(21-22-17)10-9-13-7-5-4-6-8-13/h4-10H,2-3,11-12H2,1H3,(H,19,21,22)(H2,18,20,23,24)/b10-9+. The minimum atomic E-state index is -0.472. The van der Waals surface area contributed by atoms with Crippen LogP contribution in [0.4, 0.5) is 4.79 Å². The van der Waals surface area contributed by atoms with Crippen LogP contribution in [-0.4, -0.2) is 39.4 Å². The van der Waals surface area contributed by atoms with E-state index in [4.69, 9.17) is 0 Å². The van der Waals surface area contributed by atoms with Gasteiger partial charge in [0.05, 0.1) is 5.75 Å². The maximum atomic E-state index is 11.7. The van der Waals surface area contributed by atoms with Crippen LogP contribution >= 0.6 is 11.8 Å². The lowest BCUT2D eigenvalue weighted by atomic mass is 10.2. The molecule has 25 heavy (non-hydrogen) atoms. The largest absolute Gasteiger partial charge is 0.338 e. The molecule has 0 bridgehead atoms. The second-order valence-corrected chi connectivity index (χ2v) is 6.14. The first-order valence-corrected chi connectivity index (χ1v) is 9.02. The molecular formula is C17H21N5O2S. The van der Waals surface area contributed by atoms with E-state index in [0.29, 0.717) is 17.5 Å². The van der Waals surface area contributed by atoms with Gasteiger partial charge in [-0.2, -0.15) is 0 Å². The highest BCUT2D eigenvalue weighted by atomic mass is 32.2. The van der Waals surface area contributed by atoms with Crippen LogP contribution < -0.4 is 10.6 Å². The van der Waals surface area contributed by atoms with Crippen molar-refractivity contribution in [1.29, 1.82) is 0 Å². The van der Waals surface area contributed by atoms with E-state index >= 15 is 0 Å². The molecule has 8 heteroatoms. The summed E-state index contributed by atoms with van der Waals surface area (Å²) in [5, 5.41) is 12.2. The number of amides is 3. The first kappa shape index (κ1) is 18.7. The lowest BCUT2D eigenvalue weighted by molar-refractivity contribution is -0.117. The molecule has 2 aromatic rings. The van der Waals surface area contributed by atoms with E-state index in [1.807, 2.05) is 49.4 Å². The average molecular weight is 359 g/mol. The van der Waals surface area contributed by atoms with Crippen molar-refractivity contribution >= 4 is 35.9 Å². The molecule has 0 atom stereocenters. The Morgan fingerprint density at radius 3 is 2.80 bits per heavy atom. The van der Waals surface area contributed by atoms with Crippen LogP contribution in [-0.2, 0) is 4.79 Å². The van der Waals surface area contributed by atoms with Crippen LogP contribution in [0, 0.1) is 0 Å². The van der Waals surface area contributed by atoms with E-state index in [2.05, 4.69) is 25.8 Å². The molecule has 0 saturated heterocycles. The maximum absolute atomic E-state index is 11.7. The molecule has 0 aliphatic rings. The van der Waals surface area contributed by atoms with Crippen LogP contribution in [0.15, 0.2) is 35.5 Å².